The zero-order chi connectivity index (χ0) is 17.5. The van der Waals surface area contributed by atoms with Gasteiger partial charge in [0.1, 0.15) is 0 Å². The third-order valence-corrected chi connectivity index (χ3v) is 1.81. The van der Waals surface area contributed by atoms with Gasteiger partial charge in [-0.2, -0.15) is 0 Å². The van der Waals surface area contributed by atoms with Crippen molar-refractivity contribution in [2.24, 2.45) is 0 Å². The molecule has 1 aliphatic heterocycles. The monoisotopic (exact) mass is 233 g/mol. The van der Waals surface area contributed by atoms with E-state index in [-0.39, 0.29) is 4.90 Å². The number of hydrogen-bond acceptors (Lipinski definition) is 3. The zero-order valence-electron chi connectivity index (χ0n) is 14.5. The number of imide groups is 1. The summed E-state index contributed by atoms with van der Waals surface area (Å²) in [6.07, 6.45) is -10.3. The number of nitrogens with zero attached hydrogens (tertiary/aromatic N) is 1. The van der Waals surface area contributed by atoms with Crippen molar-refractivity contribution in [1.29, 1.82) is 0 Å². The molecule has 2 amide bonds. The summed E-state index contributed by atoms with van der Waals surface area (Å²) in [5, 5.41) is 0. The first-order chi connectivity index (χ1) is 9.70. The lowest BCUT2D eigenvalue weighted by molar-refractivity contribution is -0.143. The summed E-state index contributed by atoms with van der Waals surface area (Å²) in [7, 11) is 0. The van der Waals surface area contributed by atoms with E-state index in [1.54, 1.807) is 0 Å². The molecular weight excluding hydrogens is 213 g/mol. The third kappa shape index (κ3) is 2.98. The molecule has 1 heterocycles. The Bertz CT molecular complexity index is 555. The molecule has 1 aliphatic rings. The number of ketones is 1. The second-order valence-electron chi connectivity index (χ2n) is 2.96. The van der Waals surface area contributed by atoms with Crippen LogP contribution in [0.3, 0.4) is 0 Å². The first kappa shape index (κ1) is 6.27. The number of rotatable bonds is 4. The largest absolute Gasteiger partial charge is 0.291 e. The van der Waals surface area contributed by atoms with Gasteiger partial charge in [0.15, 0.2) is 5.83 Å². The number of amides is 2. The summed E-state index contributed by atoms with van der Waals surface area (Å²) in [6.45, 7) is 0.819. The molecule has 0 saturated heterocycles. The van der Waals surface area contributed by atoms with E-state index in [0.29, 0.717) is 6.20 Å². The van der Waals surface area contributed by atoms with E-state index in [4.69, 9.17) is 8.22 Å². The fourth-order valence-corrected chi connectivity index (χ4v) is 1.07. The van der Waals surface area contributed by atoms with Crippen molar-refractivity contribution >= 4 is 17.6 Å². The normalized spacial score (nSPS) is 24.6. The lowest BCUT2D eigenvalue weighted by Gasteiger charge is -2.19. The molecule has 5 heteroatoms. The molecular formula is C11H14FNO3. The van der Waals surface area contributed by atoms with Crippen LogP contribution < -0.4 is 0 Å². The highest BCUT2D eigenvalue weighted by Gasteiger charge is 2.29. The van der Waals surface area contributed by atoms with Crippen molar-refractivity contribution in [2.75, 3.05) is 0 Å². The Kier molecular flexibility index (Phi) is 2.17. The highest BCUT2D eigenvalue weighted by Crippen LogP contribution is 2.15. The molecule has 0 unspecified atom stereocenters. The van der Waals surface area contributed by atoms with Gasteiger partial charge < -0.3 is 0 Å². The Morgan fingerprint density at radius 2 is 2.25 bits per heavy atom. The summed E-state index contributed by atoms with van der Waals surface area (Å²) in [4.78, 5) is 34.6. The summed E-state index contributed by atoms with van der Waals surface area (Å²) in [6, 6.07) is 0. The smallest absolute Gasteiger partial charge is 0.241 e. The number of halogens is 1. The minimum absolute atomic E-state index is 0.218. The molecule has 16 heavy (non-hydrogen) atoms. The number of allylic oxidation sites excluding steroid dienone is 1. The molecule has 1 rings (SSSR count). The molecule has 0 N–H and O–H groups in total. The molecule has 0 bridgehead atoms. The fraction of sp³-hybridized carbons (Fsp3) is 0.545. The van der Waals surface area contributed by atoms with Crippen LogP contribution in [0.4, 0.5) is 4.39 Å². The number of Topliss-reactive ketones (excluding diaryl/α,β-unsaturated/α-hetero) is 1. The topological polar surface area (TPSA) is 54.5 Å². The standard InChI is InChI=1S/C11H14FNO3/c1-2-3-4-5-10(15)13-7-8(12)9(14)6-11(13)16/h7H,2-6H2,1H3/i2D2,3D2,4D2. The van der Waals surface area contributed by atoms with Crippen LogP contribution >= 0.6 is 0 Å². The first-order valence-electron chi connectivity index (χ1n) is 7.46. The molecule has 0 aliphatic carbocycles. The number of carbonyl (C=O) groups excluding carboxylic acids is 3. The Morgan fingerprint density at radius 1 is 1.56 bits per heavy atom. The van der Waals surface area contributed by atoms with Crippen molar-refractivity contribution in [1.82, 2.24) is 4.90 Å². The Morgan fingerprint density at radius 3 is 2.88 bits per heavy atom. The van der Waals surface area contributed by atoms with Gasteiger partial charge in [0.25, 0.3) is 0 Å². The summed E-state index contributed by atoms with van der Waals surface area (Å²) in [5.74, 6) is -4.74. The highest BCUT2D eigenvalue weighted by molar-refractivity contribution is 6.13. The Labute approximate surface area is 102 Å². The second-order valence-corrected chi connectivity index (χ2v) is 2.96. The molecule has 0 spiro atoms. The lowest BCUT2D eigenvalue weighted by atomic mass is 10.1. The van der Waals surface area contributed by atoms with Crippen molar-refractivity contribution in [2.45, 2.75) is 38.9 Å². The molecule has 88 valence electrons. The maximum absolute atomic E-state index is 13.2. The Hall–Kier alpha value is -1.52. The van der Waals surface area contributed by atoms with Crippen LogP contribution in [-0.2, 0) is 14.4 Å². The summed E-state index contributed by atoms with van der Waals surface area (Å²) in [5.41, 5.74) is 0. The van der Waals surface area contributed by atoms with Crippen LogP contribution in [-0.4, -0.2) is 22.5 Å². The van der Waals surface area contributed by atoms with Crippen LogP contribution in [0.25, 0.3) is 0 Å². The molecule has 0 radical (unpaired) electrons. The summed E-state index contributed by atoms with van der Waals surface area (Å²) >= 11 is 0. The van der Waals surface area contributed by atoms with Crippen molar-refractivity contribution in [3.63, 3.8) is 0 Å². The van der Waals surface area contributed by atoms with Crippen LogP contribution in [0, 0.1) is 0 Å². The maximum Gasteiger partial charge on any atom is 0.241 e. The maximum atomic E-state index is 13.2. The number of carbonyl (C=O) groups is 3. The van der Waals surface area contributed by atoms with Gasteiger partial charge in [-0.3, -0.25) is 19.3 Å². The van der Waals surface area contributed by atoms with Crippen LogP contribution in [0.15, 0.2) is 12.0 Å². The molecule has 4 nitrogen and oxygen atoms in total. The molecule has 0 aromatic heterocycles. The van der Waals surface area contributed by atoms with Crippen molar-refractivity contribution in [3.05, 3.63) is 12.0 Å². The summed E-state index contributed by atoms with van der Waals surface area (Å²) < 4.78 is 58.1. The van der Waals surface area contributed by atoms with Crippen LogP contribution in [0.5, 0.6) is 0 Å². The quantitative estimate of drug-likeness (QED) is 0.694. The molecule has 0 aromatic carbocycles. The van der Waals surface area contributed by atoms with Gasteiger partial charge in [-0.25, -0.2) is 4.39 Å². The zero-order valence-corrected chi connectivity index (χ0v) is 8.54. The first-order valence-corrected chi connectivity index (χ1v) is 4.46. The predicted molar refractivity (Wildman–Crippen MR) is 54.8 cm³/mol. The van der Waals surface area contributed by atoms with E-state index < -0.39 is 55.4 Å². The van der Waals surface area contributed by atoms with Gasteiger partial charge in [-0.15, -0.1) is 0 Å². The minimum Gasteiger partial charge on any atom is -0.291 e. The van der Waals surface area contributed by atoms with E-state index in [1.165, 1.54) is 0 Å². The Balaban J connectivity index is 3.02. The molecule has 0 saturated carbocycles. The van der Waals surface area contributed by atoms with E-state index in [0.717, 1.165) is 6.92 Å². The molecule has 0 fully saturated rings. The van der Waals surface area contributed by atoms with Crippen LogP contribution in [0.2, 0.25) is 0 Å². The van der Waals surface area contributed by atoms with Gasteiger partial charge in [0.2, 0.25) is 17.6 Å². The van der Waals surface area contributed by atoms with Gasteiger partial charge in [-0.1, -0.05) is 19.7 Å². The minimum atomic E-state index is -3.04. The second kappa shape index (κ2) is 5.53. The van der Waals surface area contributed by atoms with Gasteiger partial charge in [0, 0.05) is 14.6 Å². The molecule has 0 atom stereocenters. The van der Waals surface area contributed by atoms with Gasteiger partial charge >= 0.3 is 0 Å². The average Bonchev–Trinajstić information content (AvgIpc) is 2.31. The van der Waals surface area contributed by atoms with E-state index in [9.17, 15) is 18.8 Å². The lowest BCUT2D eigenvalue weighted by Crippen LogP contribution is -2.37. The SMILES string of the molecule is [2H]C([2H])(C)C([2H])([2H])C([2H])([2H])CC(=O)N1C=C(F)C(=O)CC1=O. The van der Waals surface area contributed by atoms with Crippen molar-refractivity contribution < 1.29 is 27.0 Å². The average molecular weight is 233 g/mol. The van der Waals surface area contributed by atoms with Crippen LogP contribution in [0.1, 0.15) is 47.1 Å². The fourth-order valence-electron chi connectivity index (χ4n) is 1.07. The van der Waals surface area contributed by atoms with Gasteiger partial charge in [0.05, 0.1) is 12.6 Å². The highest BCUT2D eigenvalue weighted by atomic mass is 19.1. The third-order valence-electron chi connectivity index (χ3n) is 1.81. The number of hydrogen-bond donors (Lipinski definition) is 0. The van der Waals surface area contributed by atoms with Crippen molar-refractivity contribution in [3.8, 4) is 0 Å². The van der Waals surface area contributed by atoms with E-state index in [2.05, 4.69) is 0 Å². The predicted octanol–water partition coefficient (Wildman–Crippen LogP) is 1.71. The van der Waals surface area contributed by atoms with E-state index >= 15 is 0 Å². The molecule has 0 aromatic rings. The van der Waals surface area contributed by atoms with E-state index in [1.807, 2.05) is 0 Å². The van der Waals surface area contributed by atoms with Gasteiger partial charge in [-0.05, 0) is 6.37 Å².